The van der Waals surface area contributed by atoms with Crippen LogP contribution in [0.4, 0.5) is 18.9 Å². The molecular weight excluding hydrogens is 379 g/mol. The molecule has 5 nitrogen and oxygen atoms in total. The SMILES string of the molecule is CCc1ccccc1NC(=O)CNC(=O)CSc1ccc(C(F)(F)F)cn1. The molecule has 0 atom stereocenters. The number of pyridine rings is 1. The molecule has 2 N–H and O–H groups in total. The van der Waals surface area contributed by atoms with E-state index in [-0.39, 0.29) is 18.2 Å². The predicted octanol–water partition coefficient (Wildman–Crippen LogP) is 3.51. The second kappa shape index (κ2) is 9.40. The van der Waals surface area contributed by atoms with Gasteiger partial charge in [-0.15, -0.1) is 0 Å². The fourth-order valence-electron chi connectivity index (χ4n) is 2.15. The molecule has 0 saturated heterocycles. The highest BCUT2D eigenvalue weighted by Crippen LogP contribution is 2.29. The third kappa shape index (κ3) is 6.59. The average Bonchev–Trinajstić information content (AvgIpc) is 2.64. The number of thioether (sulfide) groups is 1. The van der Waals surface area contributed by atoms with Crippen molar-refractivity contribution >= 4 is 29.3 Å². The molecular formula is C18H18F3N3O2S. The van der Waals surface area contributed by atoms with Crippen molar-refractivity contribution in [3.8, 4) is 0 Å². The molecule has 0 spiro atoms. The summed E-state index contributed by atoms with van der Waals surface area (Å²) in [6.07, 6.45) is -2.96. The summed E-state index contributed by atoms with van der Waals surface area (Å²) in [4.78, 5) is 27.4. The van der Waals surface area contributed by atoms with E-state index in [1.165, 1.54) is 6.07 Å². The van der Waals surface area contributed by atoms with Gasteiger partial charge in [0.05, 0.1) is 22.9 Å². The van der Waals surface area contributed by atoms with E-state index < -0.39 is 17.6 Å². The highest BCUT2D eigenvalue weighted by atomic mass is 32.2. The van der Waals surface area contributed by atoms with E-state index in [0.29, 0.717) is 10.7 Å². The zero-order valence-corrected chi connectivity index (χ0v) is 15.3. The summed E-state index contributed by atoms with van der Waals surface area (Å²) in [5, 5.41) is 5.49. The van der Waals surface area contributed by atoms with Crippen molar-refractivity contribution in [1.29, 1.82) is 0 Å². The zero-order valence-electron chi connectivity index (χ0n) is 14.5. The van der Waals surface area contributed by atoms with Gasteiger partial charge in [-0.05, 0) is 30.2 Å². The third-order valence-electron chi connectivity index (χ3n) is 3.53. The van der Waals surface area contributed by atoms with Crippen molar-refractivity contribution in [2.75, 3.05) is 17.6 Å². The molecule has 2 aromatic rings. The van der Waals surface area contributed by atoms with Crippen LogP contribution in [-0.2, 0) is 22.2 Å². The monoisotopic (exact) mass is 397 g/mol. The molecule has 1 heterocycles. The first kappa shape index (κ1) is 20.8. The zero-order chi connectivity index (χ0) is 19.9. The first-order chi connectivity index (χ1) is 12.8. The number of para-hydroxylation sites is 1. The molecule has 0 fully saturated rings. The number of carbonyl (C=O) groups excluding carboxylic acids is 2. The van der Waals surface area contributed by atoms with Crippen molar-refractivity contribution in [2.45, 2.75) is 24.5 Å². The summed E-state index contributed by atoms with van der Waals surface area (Å²) in [5.74, 6) is -0.834. The Bertz CT molecular complexity index is 795. The van der Waals surface area contributed by atoms with Crippen LogP contribution in [0.5, 0.6) is 0 Å². The molecule has 0 bridgehead atoms. The van der Waals surface area contributed by atoms with Gasteiger partial charge in [0.15, 0.2) is 0 Å². The second-order valence-electron chi connectivity index (χ2n) is 5.51. The minimum absolute atomic E-state index is 0.0583. The van der Waals surface area contributed by atoms with Crippen molar-refractivity contribution in [3.05, 3.63) is 53.7 Å². The van der Waals surface area contributed by atoms with E-state index in [1.807, 2.05) is 19.1 Å². The van der Waals surface area contributed by atoms with E-state index in [9.17, 15) is 22.8 Å². The van der Waals surface area contributed by atoms with Gasteiger partial charge in [-0.2, -0.15) is 13.2 Å². The van der Waals surface area contributed by atoms with Crippen molar-refractivity contribution in [3.63, 3.8) is 0 Å². The highest BCUT2D eigenvalue weighted by Gasteiger charge is 2.30. The molecule has 1 aromatic heterocycles. The maximum absolute atomic E-state index is 12.5. The second-order valence-corrected chi connectivity index (χ2v) is 6.50. The Morgan fingerprint density at radius 2 is 1.85 bits per heavy atom. The first-order valence-electron chi connectivity index (χ1n) is 8.10. The Morgan fingerprint density at radius 1 is 1.11 bits per heavy atom. The topological polar surface area (TPSA) is 71.1 Å². The number of rotatable bonds is 7. The summed E-state index contributed by atoms with van der Waals surface area (Å²) in [5.41, 5.74) is 0.837. The quantitative estimate of drug-likeness (QED) is 0.702. The molecule has 0 radical (unpaired) electrons. The molecule has 144 valence electrons. The largest absolute Gasteiger partial charge is 0.417 e. The van der Waals surface area contributed by atoms with E-state index in [0.717, 1.165) is 36.0 Å². The van der Waals surface area contributed by atoms with Crippen LogP contribution >= 0.6 is 11.8 Å². The van der Waals surface area contributed by atoms with Gasteiger partial charge in [-0.25, -0.2) is 4.98 Å². The molecule has 0 saturated carbocycles. The number of aromatic nitrogens is 1. The van der Waals surface area contributed by atoms with Gasteiger partial charge in [0, 0.05) is 11.9 Å². The van der Waals surface area contributed by atoms with Gasteiger partial charge in [0.2, 0.25) is 11.8 Å². The Balaban J connectivity index is 1.76. The molecule has 0 aliphatic rings. The summed E-state index contributed by atoms with van der Waals surface area (Å²) in [6.45, 7) is 1.77. The number of anilines is 1. The number of alkyl halides is 3. The third-order valence-corrected chi connectivity index (χ3v) is 4.48. The number of nitrogens with zero attached hydrogens (tertiary/aromatic N) is 1. The fourth-order valence-corrected chi connectivity index (χ4v) is 2.82. The molecule has 27 heavy (non-hydrogen) atoms. The lowest BCUT2D eigenvalue weighted by atomic mass is 10.1. The van der Waals surface area contributed by atoms with E-state index >= 15 is 0 Å². The van der Waals surface area contributed by atoms with E-state index in [4.69, 9.17) is 0 Å². The van der Waals surface area contributed by atoms with Crippen LogP contribution in [-0.4, -0.2) is 29.1 Å². The molecule has 0 unspecified atom stereocenters. The minimum Gasteiger partial charge on any atom is -0.346 e. The van der Waals surface area contributed by atoms with Crippen LogP contribution in [0, 0.1) is 0 Å². The first-order valence-corrected chi connectivity index (χ1v) is 9.08. The maximum atomic E-state index is 12.5. The number of benzene rings is 1. The summed E-state index contributed by atoms with van der Waals surface area (Å²) >= 11 is 0.987. The molecule has 2 amide bonds. The lowest BCUT2D eigenvalue weighted by Gasteiger charge is -2.10. The molecule has 9 heteroatoms. The lowest BCUT2D eigenvalue weighted by molar-refractivity contribution is -0.137. The van der Waals surface area contributed by atoms with Gasteiger partial charge < -0.3 is 10.6 Å². The van der Waals surface area contributed by atoms with Crippen LogP contribution in [0.2, 0.25) is 0 Å². The normalized spacial score (nSPS) is 11.1. The van der Waals surface area contributed by atoms with E-state index in [1.54, 1.807) is 12.1 Å². The fraction of sp³-hybridized carbons (Fsp3) is 0.278. The van der Waals surface area contributed by atoms with Crippen molar-refractivity contribution in [1.82, 2.24) is 10.3 Å². The van der Waals surface area contributed by atoms with Gasteiger partial charge in [-0.1, -0.05) is 36.9 Å². The van der Waals surface area contributed by atoms with Crippen LogP contribution < -0.4 is 10.6 Å². The van der Waals surface area contributed by atoms with Gasteiger partial charge in [0.25, 0.3) is 0 Å². The van der Waals surface area contributed by atoms with Crippen LogP contribution in [0.15, 0.2) is 47.6 Å². The van der Waals surface area contributed by atoms with Crippen LogP contribution in [0.3, 0.4) is 0 Å². The molecule has 1 aromatic carbocycles. The Hall–Kier alpha value is -2.55. The average molecular weight is 397 g/mol. The Kier molecular flexibility index (Phi) is 7.23. The van der Waals surface area contributed by atoms with Crippen molar-refractivity contribution < 1.29 is 22.8 Å². The summed E-state index contributed by atoms with van der Waals surface area (Å²) in [7, 11) is 0. The number of hydrogen-bond donors (Lipinski definition) is 2. The number of halogens is 3. The van der Waals surface area contributed by atoms with Gasteiger partial charge >= 0.3 is 6.18 Å². The number of hydrogen-bond acceptors (Lipinski definition) is 4. The summed E-state index contributed by atoms with van der Waals surface area (Å²) in [6, 6.07) is 9.48. The lowest BCUT2D eigenvalue weighted by Crippen LogP contribution is -2.34. The number of amides is 2. The molecule has 2 rings (SSSR count). The predicted molar refractivity (Wildman–Crippen MR) is 97.4 cm³/mol. The van der Waals surface area contributed by atoms with Gasteiger partial charge in [0.1, 0.15) is 0 Å². The Morgan fingerprint density at radius 3 is 2.48 bits per heavy atom. The number of carbonyl (C=O) groups is 2. The smallest absolute Gasteiger partial charge is 0.346 e. The standard InChI is InChI=1S/C18H18F3N3O2S/c1-2-12-5-3-4-6-14(12)24-15(25)10-22-16(26)11-27-17-8-7-13(9-23-17)18(19,20)21/h3-9H,2,10-11H2,1H3,(H,22,26)(H,24,25). The minimum atomic E-state index is -4.45. The highest BCUT2D eigenvalue weighted by molar-refractivity contribution is 7.99. The van der Waals surface area contributed by atoms with Crippen LogP contribution in [0.25, 0.3) is 0 Å². The number of aryl methyl sites for hydroxylation is 1. The van der Waals surface area contributed by atoms with Gasteiger partial charge in [-0.3, -0.25) is 9.59 Å². The molecule has 0 aliphatic carbocycles. The number of nitrogens with one attached hydrogen (secondary N) is 2. The maximum Gasteiger partial charge on any atom is 0.417 e. The van der Waals surface area contributed by atoms with Crippen LogP contribution in [0.1, 0.15) is 18.1 Å². The van der Waals surface area contributed by atoms with E-state index in [2.05, 4.69) is 15.6 Å². The van der Waals surface area contributed by atoms with Crippen molar-refractivity contribution in [2.24, 2.45) is 0 Å². The summed E-state index contributed by atoms with van der Waals surface area (Å²) < 4.78 is 37.4. The Labute approximate surface area is 158 Å². The molecule has 0 aliphatic heterocycles.